The van der Waals surface area contributed by atoms with E-state index in [4.69, 9.17) is 9.26 Å². The average molecular weight is 407 g/mol. The lowest BCUT2D eigenvalue weighted by Gasteiger charge is -2.15. The second-order valence-corrected chi connectivity index (χ2v) is 5.87. The van der Waals surface area contributed by atoms with Gasteiger partial charge in [0.05, 0.1) is 12.7 Å². The van der Waals surface area contributed by atoms with Crippen LogP contribution in [0.25, 0.3) is 11.4 Å². The molecular formula is C19H16F3N3O4. The average Bonchev–Trinajstić information content (AvgIpc) is 3.18. The number of ether oxygens (including phenoxy) is 2. The Balaban J connectivity index is 1.78. The van der Waals surface area contributed by atoms with Gasteiger partial charge in [-0.1, -0.05) is 11.2 Å². The molecule has 0 radical (unpaired) electrons. The molecule has 1 unspecified atom stereocenters. The molecule has 0 fully saturated rings. The number of para-hydroxylation sites is 1. The highest BCUT2D eigenvalue weighted by Crippen LogP contribution is 2.32. The summed E-state index contributed by atoms with van der Waals surface area (Å²) >= 11 is 0. The van der Waals surface area contributed by atoms with Crippen LogP contribution < -0.4 is 14.8 Å². The van der Waals surface area contributed by atoms with Gasteiger partial charge in [0.25, 0.3) is 5.91 Å². The molecule has 0 saturated carbocycles. The molecule has 1 heterocycles. The summed E-state index contributed by atoms with van der Waals surface area (Å²) in [5, 5.41) is 6.37. The SMILES string of the molecule is COc1cccc(C(=O)NC(C)c2nc(-c3ccc(F)cc3)no2)c1OC(F)F. The van der Waals surface area contributed by atoms with Gasteiger partial charge in [-0.15, -0.1) is 0 Å². The van der Waals surface area contributed by atoms with Crippen molar-refractivity contribution in [3.8, 4) is 22.9 Å². The van der Waals surface area contributed by atoms with E-state index in [1.54, 1.807) is 6.92 Å². The quantitative estimate of drug-likeness (QED) is 0.638. The Bertz CT molecular complexity index is 993. The van der Waals surface area contributed by atoms with Gasteiger partial charge in [0.15, 0.2) is 11.5 Å². The number of benzene rings is 2. The standard InChI is InChI=1S/C19H16F3N3O4/c1-10(18-24-16(25-29-18)11-6-8-12(20)9-7-11)23-17(26)13-4-3-5-14(27-2)15(13)28-19(21)22/h3-10,19H,1-2H3,(H,23,26). The number of amides is 1. The first-order valence-electron chi connectivity index (χ1n) is 8.41. The lowest BCUT2D eigenvalue weighted by molar-refractivity contribution is -0.0515. The van der Waals surface area contributed by atoms with Gasteiger partial charge in [0.1, 0.15) is 11.9 Å². The molecule has 1 N–H and O–H groups in total. The number of carbonyl (C=O) groups is 1. The van der Waals surface area contributed by atoms with Crippen molar-refractivity contribution in [3.05, 3.63) is 59.7 Å². The molecule has 0 aliphatic carbocycles. The van der Waals surface area contributed by atoms with E-state index in [9.17, 15) is 18.0 Å². The predicted molar refractivity (Wildman–Crippen MR) is 95.2 cm³/mol. The first kappa shape index (κ1) is 20.2. The topological polar surface area (TPSA) is 86.5 Å². The maximum absolute atomic E-state index is 13.0. The highest BCUT2D eigenvalue weighted by atomic mass is 19.3. The van der Waals surface area contributed by atoms with Gasteiger partial charge >= 0.3 is 6.61 Å². The highest BCUT2D eigenvalue weighted by molar-refractivity contribution is 5.98. The molecular weight excluding hydrogens is 391 g/mol. The first-order valence-corrected chi connectivity index (χ1v) is 8.41. The van der Waals surface area contributed by atoms with Crippen LogP contribution in [0, 0.1) is 5.82 Å². The number of alkyl halides is 2. The van der Waals surface area contributed by atoms with Crippen LogP contribution in [0.15, 0.2) is 47.0 Å². The minimum absolute atomic E-state index is 0.0120. The number of carbonyl (C=O) groups excluding carboxylic acids is 1. The molecule has 0 bridgehead atoms. The number of methoxy groups -OCH3 is 1. The summed E-state index contributed by atoms with van der Waals surface area (Å²) in [5.74, 6) is -1.21. The predicted octanol–water partition coefficient (Wildman–Crippen LogP) is 3.98. The van der Waals surface area contributed by atoms with Crippen LogP contribution in [0.1, 0.15) is 29.2 Å². The van der Waals surface area contributed by atoms with Crippen molar-refractivity contribution >= 4 is 5.91 Å². The molecule has 0 aliphatic heterocycles. The Labute approximate surface area is 163 Å². The van der Waals surface area contributed by atoms with Gasteiger partial charge in [-0.3, -0.25) is 4.79 Å². The molecule has 2 aromatic carbocycles. The Morgan fingerprint density at radius 3 is 2.55 bits per heavy atom. The molecule has 0 spiro atoms. The zero-order valence-corrected chi connectivity index (χ0v) is 15.4. The van der Waals surface area contributed by atoms with Crippen LogP contribution in [0.3, 0.4) is 0 Å². The van der Waals surface area contributed by atoms with Crippen molar-refractivity contribution in [1.82, 2.24) is 15.5 Å². The number of nitrogens with zero attached hydrogens (tertiary/aromatic N) is 2. The highest BCUT2D eigenvalue weighted by Gasteiger charge is 2.23. The summed E-state index contributed by atoms with van der Waals surface area (Å²) in [6, 6.07) is 8.92. The minimum atomic E-state index is -3.13. The van der Waals surface area contributed by atoms with Crippen LogP contribution in [0.5, 0.6) is 11.5 Å². The molecule has 10 heteroatoms. The molecule has 1 atom stereocenters. The largest absolute Gasteiger partial charge is 0.493 e. The van der Waals surface area contributed by atoms with Gasteiger partial charge in [-0.2, -0.15) is 13.8 Å². The van der Waals surface area contributed by atoms with E-state index in [1.165, 1.54) is 49.6 Å². The first-order chi connectivity index (χ1) is 13.9. The van der Waals surface area contributed by atoms with Crippen molar-refractivity contribution in [3.63, 3.8) is 0 Å². The Morgan fingerprint density at radius 1 is 1.17 bits per heavy atom. The molecule has 152 valence electrons. The molecule has 3 rings (SSSR count). The van der Waals surface area contributed by atoms with E-state index in [2.05, 4.69) is 20.2 Å². The molecule has 7 nitrogen and oxygen atoms in total. The number of halogens is 3. The number of hydrogen-bond donors (Lipinski definition) is 1. The van der Waals surface area contributed by atoms with E-state index >= 15 is 0 Å². The number of nitrogens with one attached hydrogen (secondary N) is 1. The molecule has 0 aliphatic rings. The van der Waals surface area contributed by atoms with Crippen molar-refractivity contribution in [2.45, 2.75) is 19.6 Å². The summed E-state index contributed by atoms with van der Waals surface area (Å²) in [5.41, 5.74) is 0.384. The molecule has 29 heavy (non-hydrogen) atoms. The summed E-state index contributed by atoms with van der Waals surface area (Å²) in [4.78, 5) is 16.8. The number of hydrogen-bond acceptors (Lipinski definition) is 6. The summed E-state index contributed by atoms with van der Waals surface area (Å²) in [6.45, 7) is -1.56. The second-order valence-electron chi connectivity index (χ2n) is 5.87. The van der Waals surface area contributed by atoms with Crippen LogP contribution in [0.2, 0.25) is 0 Å². The van der Waals surface area contributed by atoms with Crippen LogP contribution in [0.4, 0.5) is 13.2 Å². The van der Waals surface area contributed by atoms with Crippen LogP contribution in [-0.2, 0) is 0 Å². The fourth-order valence-corrected chi connectivity index (χ4v) is 2.53. The van der Waals surface area contributed by atoms with Crippen molar-refractivity contribution in [1.29, 1.82) is 0 Å². The third kappa shape index (κ3) is 4.65. The Morgan fingerprint density at radius 2 is 1.90 bits per heavy atom. The van der Waals surface area contributed by atoms with Crippen LogP contribution in [-0.4, -0.2) is 29.8 Å². The van der Waals surface area contributed by atoms with Gasteiger partial charge in [0.2, 0.25) is 11.7 Å². The third-order valence-corrected chi connectivity index (χ3v) is 3.91. The van der Waals surface area contributed by atoms with Gasteiger partial charge < -0.3 is 19.3 Å². The Kier molecular flexibility index (Phi) is 6.01. The fraction of sp³-hybridized carbons (Fsp3) is 0.211. The smallest absolute Gasteiger partial charge is 0.387 e. The fourth-order valence-electron chi connectivity index (χ4n) is 2.53. The monoisotopic (exact) mass is 407 g/mol. The minimum Gasteiger partial charge on any atom is -0.493 e. The second kappa shape index (κ2) is 8.63. The third-order valence-electron chi connectivity index (χ3n) is 3.91. The van der Waals surface area contributed by atoms with Gasteiger partial charge in [-0.05, 0) is 43.3 Å². The summed E-state index contributed by atoms with van der Waals surface area (Å²) in [7, 11) is 1.27. The number of aromatic nitrogens is 2. The van der Waals surface area contributed by atoms with Crippen LogP contribution >= 0.6 is 0 Å². The lowest BCUT2D eigenvalue weighted by atomic mass is 10.1. The summed E-state index contributed by atoms with van der Waals surface area (Å²) in [6.07, 6.45) is 0. The van der Waals surface area contributed by atoms with E-state index in [1.807, 2.05) is 0 Å². The van der Waals surface area contributed by atoms with Gasteiger partial charge in [-0.25, -0.2) is 4.39 Å². The van der Waals surface area contributed by atoms with Crippen molar-refractivity contribution in [2.75, 3.05) is 7.11 Å². The molecule has 1 amide bonds. The molecule has 0 saturated heterocycles. The zero-order chi connectivity index (χ0) is 21.0. The molecule has 3 aromatic rings. The van der Waals surface area contributed by atoms with E-state index in [0.717, 1.165) is 0 Å². The van der Waals surface area contributed by atoms with Crippen molar-refractivity contribution < 1.29 is 32.0 Å². The zero-order valence-electron chi connectivity index (χ0n) is 15.4. The lowest BCUT2D eigenvalue weighted by Crippen LogP contribution is -2.27. The van der Waals surface area contributed by atoms with E-state index in [-0.39, 0.29) is 28.8 Å². The van der Waals surface area contributed by atoms with E-state index < -0.39 is 24.4 Å². The van der Waals surface area contributed by atoms with Crippen molar-refractivity contribution in [2.24, 2.45) is 0 Å². The molecule has 1 aromatic heterocycles. The summed E-state index contributed by atoms with van der Waals surface area (Å²) < 4.78 is 53.1. The normalized spacial score (nSPS) is 11.9. The Hall–Kier alpha value is -3.56. The maximum atomic E-state index is 13.0. The van der Waals surface area contributed by atoms with Gasteiger partial charge in [0, 0.05) is 5.56 Å². The maximum Gasteiger partial charge on any atom is 0.387 e. The van der Waals surface area contributed by atoms with E-state index in [0.29, 0.717) is 5.56 Å². The number of rotatable bonds is 7.